The van der Waals surface area contributed by atoms with Crippen molar-refractivity contribution in [2.75, 3.05) is 25.5 Å². The Hall–Kier alpha value is -2.74. The number of fused-ring (bicyclic) bond motifs is 1. The predicted octanol–water partition coefficient (Wildman–Crippen LogP) is 2.42. The fourth-order valence-electron chi connectivity index (χ4n) is 2.93. The summed E-state index contributed by atoms with van der Waals surface area (Å²) in [7, 11) is 1.60. The first kappa shape index (κ1) is 15.8. The molecule has 0 radical (unpaired) electrons. The molecular formula is C17H17F2N5O. The molecule has 0 saturated carbocycles. The van der Waals surface area contributed by atoms with Gasteiger partial charge in [-0.15, -0.1) is 0 Å². The molecule has 1 saturated heterocycles. The second-order valence-electron chi connectivity index (χ2n) is 5.94. The van der Waals surface area contributed by atoms with Gasteiger partial charge in [-0.1, -0.05) is 6.07 Å². The summed E-state index contributed by atoms with van der Waals surface area (Å²) in [4.78, 5) is 8.82. The van der Waals surface area contributed by atoms with Gasteiger partial charge in [-0.05, 0) is 18.2 Å². The van der Waals surface area contributed by atoms with Crippen molar-refractivity contribution in [3.8, 4) is 17.1 Å². The van der Waals surface area contributed by atoms with Crippen LogP contribution in [-0.2, 0) is 0 Å². The first-order valence-corrected chi connectivity index (χ1v) is 7.90. The minimum atomic E-state index is -2.79. The van der Waals surface area contributed by atoms with E-state index in [2.05, 4.69) is 20.6 Å². The predicted molar refractivity (Wildman–Crippen MR) is 90.2 cm³/mol. The molecule has 0 aliphatic carbocycles. The summed E-state index contributed by atoms with van der Waals surface area (Å²) >= 11 is 0. The zero-order chi connectivity index (χ0) is 17.4. The van der Waals surface area contributed by atoms with E-state index in [-0.39, 0.29) is 13.1 Å². The van der Waals surface area contributed by atoms with Crippen LogP contribution in [0.15, 0.2) is 42.7 Å². The van der Waals surface area contributed by atoms with E-state index in [9.17, 15) is 8.78 Å². The van der Waals surface area contributed by atoms with Gasteiger partial charge in [0.2, 0.25) is 0 Å². The van der Waals surface area contributed by atoms with Crippen LogP contribution in [0.25, 0.3) is 17.0 Å². The van der Waals surface area contributed by atoms with Crippen LogP contribution in [0.3, 0.4) is 0 Å². The average Bonchev–Trinajstić information content (AvgIpc) is 3.17. The number of hydrogen-bond acceptors (Lipinski definition) is 5. The lowest BCUT2D eigenvalue weighted by molar-refractivity contribution is 0.0138. The number of rotatable bonds is 4. The minimum Gasteiger partial charge on any atom is -0.497 e. The number of halogens is 2. The molecule has 25 heavy (non-hydrogen) atoms. The molecule has 1 atom stereocenters. The van der Waals surface area contributed by atoms with Gasteiger partial charge >= 0.3 is 0 Å². The van der Waals surface area contributed by atoms with Crippen molar-refractivity contribution >= 4 is 11.5 Å². The number of pyridine rings is 2. The van der Waals surface area contributed by atoms with Crippen LogP contribution < -0.4 is 15.4 Å². The van der Waals surface area contributed by atoms with E-state index in [1.54, 1.807) is 25.4 Å². The molecule has 3 aromatic rings. The Morgan fingerprint density at radius 2 is 2.24 bits per heavy atom. The summed E-state index contributed by atoms with van der Waals surface area (Å²) in [6.45, 7) is -0.117. The maximum atomic E-state index is 13.8. The Bertz CT molecular complexity index is 911. The number of ether oxygens (including phenoxy) is 1. The number of hydrogen-bond donors (Lipinski definition) is 2. The third-order valence-corrected chi connectivity index (χ3v) is 4.27. The summed E-state index contributed by atoms with van der Waals surface area (Å²) in [5, 5.41) is 5.52. The molecule has 1 aliphatic rings. The van der Waals surface area contributed by atoms with Crippen LogP contribution >= 0.6 is 0 Å². The van der Waals surface area contributed by atoms with Crippen molar-refractivity contribution in [2.45, 2.75) is 12.0 Å². The third kappa shape index (κ3) is 2.89. The summed E-state index contributed by atoms with van der Waals surface area (Å²) in [5.41, 5.74) is 2.15. The molecule has 4 rings (SSSR count). The number of anilines is 1. The summed E-state index contributed by atoms with van der Waals surface area (Å²) in [6.07, 6.45) is 3.54. The molecule has 1 fully saturated rings. The van der Waals surface area contributed by atoms with E-state index >= 15 is 0 Å². The quantitative estimate of drug-likeness (QED) is 0.760. The number of methoxy groups -OCH3 is 1. The molecule has 0 spiro atoms. The second-order valence-corrected chi connectivity index (χ2v) is 5.94. The normalized spacial score (nSPS) is 19.2. The molecule has 0 aromatic carbocycles. The van der Waals surface area contributed by atoms with E-state index in [1.165, 1.54) is 0 Å². The van der Waals surface area contributed by atoms with Crippen LogP contribution in [-0.4, -0.2) is 46.5 Å². The number of nitrogens with zero attached hydrogens (tertiary/aromatic N) is 3. The lowest BCUT2D eigenvalue weighted by Gasteiger charge is -2.19. The van der Waals surface area contributed by atoms with Gasteiger partial charge in [-0.2, -0.15) is 0 Å². The molecule has 6 nitrogen and oxygen atoms in total. The van der Waals surface area contributed by atoms with Gasteiger partial charge in [0.1, 0.15) is 23.3 Å². The van der Waals surface area contributed by atoms with Gasteiger partial charge in [-0.3, -0.25) is 4.40 Å². The topological polar surface area (TPSA) is 63.5 Å². The number of alkyl halides is 2. The zero-order valence-electron chi connectivity index (χ0n) is 13.5. The maximum Gasteiger partial charge on any atom is 0.281 e. The lowest BCUT2D eigenvalue weighted by Crippen LogP contribution is -2.38. The molecule has 4 heterocycles. The second kappa shape index (κ2) is 5.96. The minimum absolute atomic E-state index is 0.203. The van der Waals surface area contributed by atoms with Gasteiger partial charge in [-0.25, -0.2) is 18.7 Å². The van der Waals surface area contributed by atoms with E-state index in [0.717, 1.165) is 11.3 Å². The number of imidazole rings is 1. The highest BCUT2D eigenvalue weighted by molar-refractivity contribution is 5.63. The number of nitrogens with one attached hydrogen (secondary N) is 2. The highest BCUT2D eigenvalue weighted by Gasteiger charge is 2.44. The van der Waals surface area contributed by atoms with Crippen LogP contribution in [0, 0.1) is 0 Å². The SMILES string of the molecule is COc1ccn2c(-c3cccc(NC4CNCC4(F)F)n3)cnc2c1. The van der Waals surface area contributed by atoms with E-state index in [0.29, 0.717) is 17.3 Å². The fraction of sp³-hybridized carbons (Fsp3) is 0.294. The summed E-state index contributed by atoms with van der Waals surface area (Å²) < 4.78 is 34.6. The Morgan fingerprint density at radius 3 is 3.00 bits per heavy atom. The first-order chi connectivity index (χ1) is 12.1. The first-order valence-electron chi connectivity index (χ1n) is 7.90. The molecule has 2 N–H and O–H groups in total. The highest BCUT2D eigenvalue weighted by atomic mass is 19.3. The van der Waals surface area contributed by atoms with Crippen LogP contribution in [0.4, 0.5) is 14.6 Å². The van der Waals surface area contributed by atoms with Gasteiger partial charge in [0.05, 0.1) is 31.2 Å². The largest absolute Gasteiger partial charge is 0.497 e. The van der Waals surface area contributed by atoms with Gasteiger partial charge in [0.15, 0.2) is 0 Å². The van der Waals surface area contributed by atoms with Crippen LogP contribution in [0.2, 0.25) is 0 Å². The Kier molecular flexibility index (Phi) is 3.76. The third-order valence-electron chi connectivity index (χ3n) is 4.27. The van der Waals surface area contributed by atoms with Gasteiger partial charge in [0, 0.05) is 18.8 Å². The van der Waals surface area contributed by atoms with Crippen molar-refractivity contribution in [3.05, 3.63) is 42.7 Å². The van der Waals surface area contributed by atoms with E-state index in [1.807, 2.05) is 28.8 Å². The van der Waals surface area contributed by atoms with Crippen molar-refractivity contribution in [1.82, 2.24) is 19.7 Å². The smallest absolute Gasteiger partial charge is 0.281 e. The standard InChI is InChI=1S/C17H17F2N5O/c1-25-11-5-6-24-13(8-21-16(24)7-11)12-3-2-4-15(22-12)23-14-9-20-10-17(14,18)19/h2-8,14,20H,9-10H2,1H3,(H,22,23). The van der Waals surface area contributed by atoms with Crippen molar-refractivity contribution in [1.29, 1.82) is 0 Å². The van der Waals surface area contributed by atoms with Crippen molar-refractivity contribution in [2.24, 2.45) is 0 Å². The van der Waals surface area contributed by atoms with Gasteiger partial charge < -0.3 is 15.4 Å². The zero-order valence-corrected chi connectivity index (χ0v) is 13.5. The molecule has 1 unspecified atom stereocenters. The van der Waals surface area contributed by atoms with E-state index < -0.39 is 12.0 Å². The molecular weight excluding hydrogens is 328 g/mol. The molecule has 0 bridgehead atoms. The highest BCUT2D eigenvalue weighted by Crippen LogP contribution is 2.26. The Balaban J connectivity index is 1.65. The molecule has 130 valence electrons. The molecule has 0 amide bonds. The molecule has 8 heteroatoms. The molecule has 1 aliphatic heterocycles. The van der Waals surface area contributed by atoms with Gasteiger partial charge in [0.25, 0.3) is 5.92 Å². The monoisotopic (exact) mass is 345 g/mol. The molecule has 3 aromatic heterocycles. The van der Waals surface area contributed by atoms with Crippen molar-refractivity contribution < 1.29 is 13.5 Å². The summed E-state index contributed by atoms with van der Waals surface area (Å²) in [6, 6.07) is 7.96. The summed E-state index contributed by atoms with van der Waals surface area (Å²) in [5.74, 6) is -1.67. The van der Waals surface area contributed by atoms with Crippen LogP contribution in [0.5, 0.6) is 5.75 Å². The fourth-order valence-corrected chi connectivity index (χ4v) is 2.93. The Labute approximate surface area is 142 Å². The number of aromatic nitrogens is 3. The Morgan fingerprint density at radius 1 is 1.36 bits per heavy atom. The average molecular weight is 345 g/mol. The van der Waals surface area contributed by atoms with Crippen LogP contribution in [0.1, 0.15) is 0 Å². The lowest BCUT2D eigenvalue weighted by atomic mass is 10.2. The van der Waals surface area contributed by atoms with Crippen molar-refractivity contribution in [3.63, 3.8) is 0 Å². The van der Waals surface area contributed by atoms with E-state index in [4.69, 9.17) is 4.74 Å². The maximum absolute atomic E-state index is 13.8.